The lowest BCUT2D eigenvalue weighted by Crippen LogP contribution is -2.41. The second kappa shape index (κ2) is 7.45. The fourth-order valence-electron chi connectivity index (χ4n) is 3.55. The van der Waals surface area contributed by atoms with Crippen molar-refractivity contribution >= 4 is 34.2 Å². The number of piperidine rings is 1. The molecule has 1 fully saturated rings. The summed E-state index contributed by atoms with van der Waals surface area (Å²) in [5.74, 6) is 0.827. The Balaban J connectivity index is 1.57. The smallest absolute Gasteiger partial charge is 0.245 e. The van der Waals surface area contributed by atoms with Crippen LogP contribution in [-0.4, -0.2) is 40.1 Å². The van der Waals surface area contributed by atoms with Crippen LogP contribution in [0.15, 0.2) is 55.1 Å². The van der Waals surface area contributed by atoms with Gasteiger partial charge in [0.2, 0.25) is 5.91 Å². The first kappa shape index (κ1) is 17.6. The highest BCUT2D eigenvalue weighted by Crippen LogP contribution is 2.34. The third-order valence-electron chi connectivity index (χ3n) is 5.06. The SMILES string of the molecule is C=CC(=O)N1CCC(Nc2n[nH]c3cc(Cl)c(-c4ccccc4)cc23)CC1. The summed E-state index contributed by atoms with van der Waals surface area (Å²) < 4.78 is 0. The fourth-order valence-corrected chi connectivity index (χ4v) is 3.83. The number of likely N-dealkylation sites (tertiary alicyclic amines) is 1. The van der Waals surface area contributed by atoms with E-state index in [1.165, 1.54) is 6.08 Å². The first-order chi connectivity index (χ1) is 13.2. The quantitative estimate of drug-likeness (QED) is 0.656. The van der Waals surface area contributed by atoms with Gasteiger partial charge in [0.05, 0.1) is 10.5 Å². The molecule has 1 aromatic heterocycles. The number of halogens is 1. The Morgan fingerprint density at radius 2 is 2.00 bits per heavy atom. The van der Waals surface area contributed by atoms with Crippen molar-refractivity contribution in [1.82, 2.24) is 15.1 Å². The molecule has 0 spiro atoms. The molecular formula is C21H21ClN4O. The third kappa shape index (κ3) is 3.55. The van der Waals surface area contributed by atoms with E-state index in [-0.39, 0.29) is 11.9 Å². The van der Waals surface area contributed by atoms with Crippen molar-refractivity contribution in [3.63, 3.8) is 0 Å². The van der Waals surface area contributed by atoms with E-state index in [2.05, 4.69) is 28.2 Å². The number of hydrogen-bond donors (Lipinski definition) is 2. The van der Waals surface area contributed by atoms with Crippen LogP contribution in [0.1, 0.15) is 12.8 Å². The number of aromatic amines is 1. The monoisotopic (exact) mass is 380 g/mol. The lowest BCUT2D eigenvalue weighted by Gasteiger charge is -2.31. The molecule has 27 heavy (non-hydrogen) atoms. The standard InChI is InChI=1S/C21H21ClN4O/c1-2-20(27)26-10-8-15(9-11-26)23-21-17-12-16(14-6-4-3-5-7-14)18(22)13-19(17)24-25-21/h2-7,12-13,15H,1,8-11H2,(H2,23,24,25). The number of carbonyl (C=O) groups excluding carboxylic acids is 1. The highest BCUT2D eigenvalue weighted by atomic mass is 35.5. The van der Waals surface area contributed by atoms with Crippen LogP contribution >= 0.6 is 11.6 Å². The molecule has 0 aliphatic carbocycles. The molecule has 5 nitrogen and oxygen atoms in total. The predicted octanol–water partition coefficient (Wildman–Crippen LogP) is 4.47. The van der Waals surface area contributed by atoms with Gasteiger partial charge in [0.15, 0.2) is 5.82 Å². The van der Waals surface area contributed by atoms with Crippen molar-refractivity contribution in [2.45, 2.75) is 18.9 Å². The molecule has 2 N–H and O–H groups in total. The number of hydrogen-bond acceptors (Lipinski definition) is 3. The molecule has 1 amide bonds. The number of anilines is 1. The molecule has 0 saturated carbocycles. The summed E-state index contributed by atoms with van der Waals surface area (Å²) in [4.78, 5) is 13.6. The number of H-pyrrole nitrogens is 1. The van der Waals surface area contributed by atoms with Crippen molar-refractivity contribution in [3.05, 3.63) is 60.1 Å². The largest absolute Gasteiger partial charge is 0.365 e. The van der Waals surface area contributed by atoms with Crippen molar-refractivity contribution < 1.29 is 4.79 Å². The van der Waals surface area contributed by atoms with Crippen molar-refractivity contribution in [2.75, 3.05) is 18.4 Å². The van der Waals surface area contributed by atoms with Gasteiger partial charge in [0, 0.05) is 30.1 Å². The highest BCUT2D eigenvalue weighted by molar-refractivity contribution is 6.34. The van der Waals surface area contributed by atoms with Gasteiger partial charge < -0.3 is 10.2 Å². The Kier molecular flexibility index (Phi) is 4.86. The summed E-state index contributed by atoms with van der Waals surface area (Å²) in [6, 6.07) is 14.4. The molecule has 0 unspecified atom stereocenters. The zero-order valence-corrected chi connectivity index (χ0v) is 15.7. The van der Waals surface area contributed by atoms with E-state index in [1.807, 2.05) is 41.3 Å². The molecule has 0 radical (unpaired) electrons. The number of nitrogens with one attached hydrogen (secondary N) is 2. The zero-order valence-electron chi connectivity index (χ0n) is 14.9. The van der Waals surface area contributed by atoms with E-state index in [1.54, 1.807) is 0 Å². The average Bonchev–Trinajstić information content (AvgIpc) is 3.09. The van der Waals surface area contributed by atoms with Gasteiger partial charge in [-0.2, -0.15) is 5.10 Å². The van der Waals surface area contributed by atoms with Crippen LogP contribution in [0.5, 0.6) is 0 Å². The highest BCUT2D eigenvalue weighted by Gasteiger charge is 2.22. The summed E-state index contributed by atoms with van der Waals surface area (Å²) in [6.45, 7) is 5.01. The number of aromatic nitrogens is 2. The van der Waals surface area contributed by atoms with Crippen LogP contribution in [0, 0.1) is 0 Å². The van der Waals surface area contributed by atoms with Gasteiger partial charge in [-0.15, -0.1) is 0 Å². The minimum atomic E-state index is 0.000754. The van der Waals surface area contributed by atoms with E-state index in [0.717, 1.165) is 53.8 Å². The Bertz CT molecular complexity index is 975. The number of fused-ring (bicyclic) bond motifs is 1. The number of benzene rings is 2. The Labute approximate surface area is 163 Å². The predicted molar refractivity (Wildman–Crippen MR) is 110 cm³/mol. The van der Waals surface area contributed by atoms with Gasteiger partial charge in [-0.1, -0.05) is 48.5 Å². The van der Waals surface area contributed by atoms with Gasteiger partial charge in [0.25, 0.3) is 0 Å². The summed E-state index contributed by atoms with van der Waals surface area (Å²) in [5, 5.41) is 12.7. The van der Waals surface area contributed by atoms with Crippen LogP contribution in [0.4, 0.5) is 5.82 Å². The van der Waals surface area contributed by atoms with Crippen molar-refractivity contribution in [1.29, 1.82) is 0 Å². The van der Waals surface area contributed by atoms with Crippen molar-refractivity contribution in [3.8, 4) is 11.1 Å². The summed E-state index contributed by atoms with van der Waals surface area (Å²) in [5.41, 5.74) is 2.97. The summed E-state index contributed by atoms with van der Waals surface area (Å²) in [7, 11) is 0. The van der Waals surface area contributed by atoms with Crippen LogP contribution in [0.3, 0.4) is 0 Å². The van der Waals surface area contributed by atoms with Gasteiger partial charge >= 0.3 is 0 Å². The van der Waals surface area contributed by atoms with Gasteiger partial charge in [-0.3, -0.25) is 9.89 Å². The average molecular weight is 381 g/mol. The molecule has 1 aliphatic heterocycles. The number of nitrogens with zero attached hydrogens (tertiary/aromatic N) is 2. The molecule has 3 aromatic rings. The lowest BCUT2D eigenvalue weighted by molar-refractivity contribution is -0.126. The topological polar surface area (TPSA) is 61.0 Å². The molecule has 2 aromatic carbocycles. The molecule has 2 heterocycles. The van der Waals surface area contributed by atoms with E-state index < -0.39 is 0 Å². The zero-order chi connectivity index (χ0) is 18.8. The molecule has 0 atom stereocenters. The van der Waals surface area contributed by atoms with E-state index >= 15 is 0 Å². The minimum Gasteiger partial charge on any atom is -0.365 e. The maximum Gasteiger partial charge on any atom is 0.245 e. The minimum absolute atomic E-state index is 0.000754. The molecule has 4 rings (SSSR count). The second-order valence-corrected chi connectivity index (χ2v) is 7.17. The molecular weight excluding hydrogens is 360 g/mol. The normalized spacial score (nSPS) is 15.1. The first-order valence-electron chi connectivity index (χ1n) is 9.06. The molecule has 138 valence electrons. The Hall–Kier alpha value is -2.79. The van der Waals surface area contributed by atoms with Crippen LogP contribution in [0.25, 0.3) is 22.0 Å². The van der Waals surface area contributed by atoms with E-state index in [0.29, 0.717) is 5.02 Å². The maximum absolute atomic E-state index is 11.7. The van der Waals surface area contributed by atoms with Gasteiger partial charge in [-0.05, 0) is 36.6 Å². The number of carbonyl (C=O) groups is 1. The van der Waals surface area contributed by atoms with Crippen LogP contribution < -0.4 is 5.32 Å². The summed E-state index contributed by atoms with van der Waals surface area (Å²) >= 11 is 6.48. The van der Waals surface area contributed by atoms with Crippen LogP contribution in [-0.2, 0) is 4.79 Å². The lowest BCUT2D eigenvalue weighted by atomic mass is 10.0. The fraction of sp³-hybridized carbons (Fsp3) is 0.238. The number of rotatable bonds is 4. The van der Waals surface area contributed by atoms with Crippen LogP contribution in [0.2, 0.25) is 5.02 Å². The number of amides is 1. The Morgan fingerprint density at radius 3 is 2.70 bits per heavy atom. The molecule has 1 saturated heterocycles. The second-order valence-electron chi connectivity index (χ2n) is 6.76. The summed E-state index contributed by atoms with van der Waals surface area (Å²) in [6.07, 6.45) is 3.14. The first-order valence-corrected chi connectivity index (χ1v) is 9.44. The van der Waals surface area contributed by atoms with Gasteiger partial charge in [0.1, 0.15) is 0 Å². The molecule has 1 aliphatic rings. The Morgan fingerprint density at radius 1 is 1.26 bits per heavy atom. The van der Waals surface area contributed by atoms with E-state index in [9.17, 15) is 4.79 Å². The van der Waals surface area contributed by atoms with Gasteiger partial charge in [-0.25, -0.2) is 0 Å². The third-order valence-corrected chi connectivity index (χ3v) is 5.37. The molecule has 6 heteroatoms. The maximum atomic E-state index is 11.7. The van der Waals surface area contributed by atoms with E-state index in [4.69, 9.17) is 11.6 Å². The molecule has 0 bridgehead atoms. The van der Waals surface area contributed by atoms with Crippen molar-refractivity contribution in [2.24, 2.45) is 0 Å².